The Kier molecular flexibility index (Phi) is 3.75. The molecule has 1 aromatic carbocycles. The van der Waals surface area contributed by atoms with Gasteiger partial charge in [-0.2, -0.15) is 4.39 Å². The maximum absolute atomic E-state index is 13.6. The first-order valence-corrected chi connectivity index (χ1v) is 4.61. The predicted octanol–water partition coefficient (Wildman–Crippen LogP) is 2.11. The zero-order valence-electron chi connectivity index (χ0n) is 8.81. The van der Waals surface area contributed by atoms with Crippen molar-refractivity contribution in [3.05, 3.63) is 51.3 Å². The van der Waals surface area contributed by atoms with E-state index in [2.05, 4.69) is 0 Å². The Balaban J connectivity index is 4.12. The van der Waals surface area contributed by atoms with Gasteiger partial charge in [-0.25, -0.2) is 0 Å². The van der Waals surface area contributed by atoms with E-state index in [4.69, 9.17) is 11.6 Å². The van der Waals surface area contributed by atoms with Crippen LogP contribution in [0.5, 0.6) is 0 Å². The van der Waals surface area contributed by atoms with Crippen molar-refractivity contribution >= 4 is 34.4 Å². The summed E-state index contributed by atoms with van der Waals surface area (Å²) in [6.07, 6.45) is 0. The van der Waals surface area contributed by atoms with Gasteiger partial charge in [0.05, 0.1) is 19.7 Å². The van der Waals surface area contributed by atoms with Crippen LogP contribution in [0.4, 0.5) is 27.1 Å². The summed E-state index contributed by atoms with van der Waals surface area (Å²) in [6, 6.07) is 0. The van der Waals surface area contributed by atoms with E-state index in [1.807, 2.05) is 0 Å². The Bertz CT molecular complexity index is 634. The topological polar surface area (TPSA) is 173 Å². The molecule has 0 unspecified atom stereocenters. The second-order valence-corrected chi connectivity index (χ2v) is 3.43. The van der Waals surface area contributed by atoms with Crippen molar-refractivity contribution < 1.29 is 24.1 Å². The first-order valence-electron chi connectivity index (χ1n) is 4.23. The Morgan fingerprint density at radius 2 is 1.05 bits per heavy atom. The molecule has 0 aromatic heterocycles. The van der Waals surface area contributed by atoms with Gasteiger partial charge in [-0.15, -0.1) is 0 Å². The van der Waals surface area contributed by atoms with Crippen LogP contribution in [0.25, 0.3) is 0 Å². The number of hydrogen-bond donors (Lipinski definition) is 0. The summed E-state index contributed by atoms with van der Waals surface area (Å²) >= 11 is 5.18. The summed E-state index contributed by atoms with van der Waals surface area (Å²) in [7, 11) is 0. The molecular formula is C6ClFN4O8. The van der Waals surface area contributed by atoms with Gasteiger partial charge >= 0.3 is 22.7 Å². The van der Waals surface area contributed by atoms with Crippen molar-refractivity contribution in [1.82, 2.24) is 0 Å². The molecule has 0 aliphatic carbocycles. The largest absolute Gasteiger partial charge is 0.427 e. The monoisotopic (exact) mass is 310 g/mol. The fourth-order valence-electron chi connectivity index (χ4n) is 1.31. The lowest BCUT2D eigenvalue weighted by atomic mass is 10.2. The Morgan fingerprint density at radius 3 is 1.35 bits per heavy atom. The first kappa shape index (κ1) is 15.1. The maximum Gasteiger partial charge on any atom is 0.427 e. The molecule has 0 N–H and O–H groups in total. The quantitative estimate of drug-likeness (QED) is 0.600. The van der Waals surface area contributed by atoms with Crippen LogP contribution in [0.2, 0.25) is 5.02 Å². The number of hydrogen-bond acceptors (Lipinski definition) is 8. The smallest absolute Gasteiger partial charge is 0.258 e. The van der Waals surface area contributed by atoms with Gasteiger partial charge in [0.1, 0.15) is 0 Å². The summed E-state index contributed by atoms with van der Waals surface area (Å²) in [6.45, 7) is 0. The SMILES string of the molecule is O=[N+]([O-])c1c(F)c([N+](=O)[O-])c([N+](=O)[O-])c([N+](=O)[O-])c1Cl. The third-order valence-electron chi connectivity index (χ3n) is 2.01. The molecule has 0 radical (unpaired) electrons. The van der Waals surface area contributed by atoms with Crippen molar-refractivity contribution in [2.75, 3.05) is 0 Å². The maximum atomic E-state index is 13.6. The summed E-state index contributed by atoms with van der Waals surface area (Å²) < 4.78 is 13.6. The number of rotatable bonds is 4. The molecule has 106 valence electrons. The van der Waals surface area contributed by atoms with Crippen LogP contribution in [0, 0.1) is 46.3 Å². The molecule has 0 amide bonds. The minimum atomic E-state index is -2.23. The Hall–Kier alpha value is -2.96. The lowest BCUT2D eigenvalue weighted by Crippen LogP contribution is -2.07. The van der Waals surface area contributed by atoms with Gasteiger partial charge in [0.25, 0.3) is 5.82 Å². The van der Waals surface area contributed by atoms with Crippen LogP contribution in [-0.4, -0.2) is 19.7 Å². The molecule has 1 aromatic rings. The molecule has 0 aliphatic rings. The average Bonchev–Trinajstić information content (AvgIpc) is 2.25. The van der Waals surface area contributed by atoms with Crippen molar-refractivity contribution in [2.24, 2.45) is 0 Å². The van der Waals surface area contributed by atoms with E-state index < -0.39 is 53.3 Å². The van der Waals surface area contributed by atoms with Gasteiger partial charge in [-0.1, -0.05) is 11.6 Å². The Morgan fingerprint density at radius 1 is 0.700 bits per heavy atom. The molecule has 0 aliphatic heterocycles. The van der Waals surface area contributed by atoms with Crippen LogP contribution in [-0.2, 0) is 0 Å². The molecule has 0 spiro atoms. The number of halogens is 2. The van der Waals surface area contributed by atoms with E-state index in [1.165, 1.54) is 0 Å². The van der Waals surface area contributed by atoms with E-state index in [9.17, 15) is 44.8 Å². The minimum Gasteiger partial charge on any atom is -0.258 e. The average molecular weight is 311 g/mol. The highest BCUT2D eigenvalue weighted by Crippen LogP contribution is 2.48. The van der Waals surface area contributed by atoms with Crippen molar-refractivity contribution in [1.29, 1.82) is 0 Å². The van der Waals surface area contributed by atoms with Gasteiger partial charge in [0, 0.05) is 0 Å². The molecule has 12 nitrogen and oxygen atoms in total. The zero-order chi connectivity index (χ0) is 15.8. The molecular weight excluding hydrogens is 311 g/mol. The number of nitrogens with zero attached hydrogens (tertiary/aromatic N) is 4. The van der Waals surface area contributed by atoms with Crippen LogP contribution in [0.3, 0.4) is 0 Å². The summed E-state index contributed by atoms with van der Waals surface area (Å²) in [4.78, 5) is 36.0. The first-order chi connectivity index (χ1) is 9.11. The van der Waals surface area contributed by atoms with Gasteiger partial charge in [0.2, 0.25) is 5.02 Å². The van der Waals surface area contributed by atoms with Crippen LogP contribution < -0.4 is 0 Å². The zero-order valence-corrected chi connectivity index (χ0v) is 9.57. The summed E-state index contributed by atoms with van der Waals surface area (Å²) in [5.41, 5.74) is -7.38. The summed E-state index contributed by atoms with van der Waals surface area (Å²) in [5, 5.41) is 40.9. The van der Waals surface area contributed by atoms with Gasteiger partial charge in [-0.05, 0) is 0 Å². The molecule has 14 heteroatoms. The fourth-order valence-corrected chi connectivity index (χ4v) is 1.62. The fraction of sp³-hybridized carbons (Fsp3) is 0. The molecule has 0 heterocycles. The van der Waals surface area contributed by atoms with Gasteiger partial charge in [0.15, 0.2) is 0 Å². The van der Waals surface area contributed by atoms with Gasteiger partial charge < -0.3 is 0 Å². The van der Waals surface area contributed by atoms with E-state index in [1.54, 1.807) is 0 Å². The van der Waals surface area contributed by atoms with Gasteiger partial charge in [-0.3, -0.25) is 40.5 Å². The molecule has 0 atom stereocenters. The molecule has 0 saturated carbocycles. The van der Waals surface area contributed by atoms with E-state index in [-0.39, 0.29) is 0 Å². The molecule has 0 bridgehead atoms. The summed E-state index contributed by atoms with van der Waals surface area (Å²) in [5.74, 6) is -2.23. The molecule has 1 rings (SSSR count). The van der Waals surface area contributed by atoms with E-state index in [0.29, 0.717) is 0 Å². The lowest BCUT2D eigenvalue weighted by Gasteiger charge is -2.01. The third-order valence-corrected chi connectivity index (χ3v) is 2.37. The van der Waals surface area contributed by atoms with E-state index in [0.717, 1.165) is 0 Å². The van der Waals surface area contributed by atoms with Crippen LogP contribution in [0.15, 0.2) is 0 Å². The molecule has 0 fully saturated rings. The number of nitro benzene ring substituents is 4. The second kappa shape index (κ2) is 4.96. The Labute approximate surface area is 111 Å². The van der Waals surface area contributed by atoms with Crippen LogP contribution >= 0.6 is 11.6 Å². The van der Waals surface area contributed by atoms with Crippen molar-refractivity contribution in [3.63, 3.8) is 0 Å². The highest BCUT2D eigenvalue weighted by molar-refractivity contribution is 6.35. The number of benzene rings is 1. The van der Waals surface area contributed by atoms with Crippen molar-refractivity contribution in [3.8, 4) is 0 Å². The predicted molar refractivity (Wildman–Crippen MR) is 58.0 cm³/mol. The van der Waals surface area contributed by atoms with E-state index >= 15 is 0 Å². The lowest BCUT2D eigenvalue weighted by molar-refractivity contribution is -0.444. The van der Waals surface area contributed by atoms with Crippen LogP contribution in [0.1, 0.15) is 0 Å². The minimum absolute atomic E-state index is 1.50. The standard InChI is InChI=1S/C6ClFN4O8/c7-1-3(9(13)14)2(8)5(11(17)18)6(12(19)20)4(1)10(15)16. The number of nitro groups is 4. The van der Waals surface area contributed by atoms with Crippen molar-refractivity contribution in [2.45, 2.75) is 0 Å². The highest BCUT2D eigenvalue weighted by Gasteiger charge is 2.48. The second-order valence-electron chi connectivity index (χ2n) is 3.05. The highest BCUT2D eigenvalue weighted by atomic mass is 35.5. The third kappa shape index (κ3) is 2.16. The molecule has 20 heavy (non-hydrogen) atoms. The molecule has 0 saturated heterocycles. The normalized spacial score (nSPS) is 10.1.